The first-order valence-electron chi connectivity index (χ1n) is 6.65. The van der Waals surface area contributed by atoms with Crippen molar-refractivity contribution < 1.29 is 9.32 Å². The molecule has 19 heavy (non-hydrogen) atoms. The number of hydrogen-bond donors (Lipinski definition) is 0. The van der Waals surface area contributed by atoms with E-state index >= 15 is 0 Å². The molecule has 0 heterocycles. The van der Waals surface area contributed by atoms with E-state index in [1.54, 1.807) is 16.1 Å². The van der Waals surface area contributed by atoms with Crippen LogP contribution in [0, 0.1) is 11.8 Å². The van der Waals surface area contributed by atoms with Gasteiger partial charge in [0.05, 0.1) is 6.61 Å². The van der Waals surface area contributed by atoms with Gasteiger partial charge in [0.1, 0.15) is 0 Å². The van der Waals surface area contributed by atoms with Crippen molar-refractivity contribution in [2.75, 3.05) is 13.2 Å². The Bertz CT molecular complexity index is 365. The van der Waals surface area contributed by atoms with E-state index in [9.17, 15) is 4.79 Å². The highest BCUT2D eigenvalue weighted by atomic mass is 32.9. The lowest BCUT2D eigenvalue weighted by Crippen LogP contribution is -2.20. The minimum absolute atomic E-state index is 0.390. The molecule has 0 aromatic carbocycles. The molecule has 0 radical (unpaired) electrons. The van der Waals surface area contributed by atoms with Crippen LogP contribution in [0.5, 0.6) is 0 Å². The van der Waals surface area contributed by atoms with Gasteiger partial charge in [-0.15, -0.1) is 11.8 Å². The minimum Gasteiger partial charge on any atom is -0.327 e. The number of carbonyl (C=O) groups excluding carboxylic acids is 1. The van der Waals surface area contributed by atoms with Crippen molar-refractivity contribution in [2.24, 2.45) is 0 Å². The summed E-state index contributed by atoms with van der Waals surface area (Å²) in [5.41, 5.74) is -2.30. The van der Waals surface area contributed by atoms with Gasteiger partial charge in [-0.3, -0.25) is 9.46 Å². The monoisotopic (exact) mass is 321 g/mol. The highest BCUT2D eigenvalue weighted by Crippen LogP contribution is 2.64. The summed E-state index contributed by atoms with van der Waals surface area (Å²) in [5, 5.41) is 0.390. The molecular weight excluding hydrogens is 297 g/mol. The normalized spacial score (nSPS) is 14.9. The molecule has 0 aliphatic rings. The van der Waals surface area contributed by atoms with Crippen LogP contribution in [0.1, 0.15) is 47.0 Å². The Balaban J connectivity index is 4.78. The van der Waals surface area contributed by atoms with Crippen LogP contribution in [0.3, 0.4) is 0 Å². The molecule has 0 N–H and O–H groups in total. The zero-order valence-corrected chi connectivity index (χ0v) is 14.7. The van der Waals surface area contributed by atoms with Gasteiger partial charge in [0, 0.05) is 24.6 Å². The van der Waals surface area contributed by atoms with E-state index in [1.807, 2.05) is 13.8 Å². The first kappa shape index (κ1) is 19.0. The van der Waals surface area contributed by atoms with Crippen LogP contribution in [-0.2, 0) is 21.1 Å². The Labute approximate surface area is 126 Å². The van der Waals surface area contributed by atoms with E-state index in [-0.39, 0.29) is 0 Å². The Hall–Kier alpha value is -0.0100. The molecule has 0 saturated carbocycles. The molecule has 2 unspecified atom stereocenters. The standard InChI is InChI=1S/C13H24NO2PS2/c1-5-8-9-10-11-14(12-15)17(18,16-7-3)19-13(4)6-2/h12-13H,5-7,10-11H2,1-4H3. The molecule has 0 bridgehead atoms. The zero-order chi connectivity index (χ0) is 14.7. The summed E-state index contributed by atoms with van der Waals surface area (Å²) in [7, 11) is 0. The summed E-state index contributed by atoms with van der Waals surface area (Å²) in [6, 6.07) is 0. The van der Waals surface area contributed by atoms with Gasteiger partial charge < -0.3 is 4.52 Å². The van der Waals surface area contributed by atoms with Gasteiger partial charge in [-0.1, -0.05) is 32.2 Å². The number of nitrogens with zero attached hydrogens (tertiary/aromatic N) is 1. The number of amides is 1. The van der Waals surface area contributed by atoms with Crippen LogP contribution >= 0.6 is 17.0 Å². The topological polar surface area (TPSA) is 29.5 Å². The van der Waals surface area contributed by atoms with Crippen molar-refractivity contribution >= 4 is 35.2 Å². The maximum atomic E-state index is 11.3. The fourth-order valence-electron chi connectivity index (χ4n) is 1.25. The third-order valence-corrected chi connectivity index (χ3v) is 9.40. The summed E-state index contributed by atoms with van der Waals surface area (Å²) >= 11 is 7.26. The summed E-state index contributed by atoms with van der Waals surface area (Å²) in [4.78, 5) is 11.3. The van der Waals surface area contributed by atoms with Crippen molar-refractivity contribution in [3.8, 4) is 11.8 Å². The van der Waals surface area contributed by atoms with Crippen molar-refractivity contribution in [2.45, 2.75) is 52.2 Å². The van der Waals surface area contributed by atoms with Crippen LogP contribution in [0.4, 0.5) is 0 Å². The van der Waals surface area contributed by atoms with Crippen LogP contribution in [0.15, 0.2) is 0 Å². The van der Waals surface area contributed by atoms with Gasteiger partial charge in [0.2, 0.25) is 12.0 Å². The fourth-order valence-corrected chi connectivity index (χ4v) is 8.00. The Morgan fingerprint density at radius 2 is 2.11 bits per heavy atom. The summed E-state index contributed by atoms with van der Waals surface area (Å²) < 4.78 is 7.39. The second-order valence-electron chi connectivity index (χ2n) is 3.94. The molecule has 0 saturated heterocycles. The molecule has 0 fully saturated rings. The maximum absolute atomic E-state index is 11.3. The van der Waals surface area contributed by atoms with Gasteiger partial charge in [-0.25, -0.2) is 0 Å². The number of hydrogen-bond acceptors (Lipinski definition) is 4. The van der Waals surface area contributed by atoms with Gasteiger partial charge in [0.15, 0.2) is 0 Å². The average molecular weight is 321 g/mol. The van der Waals surface area contributed by atoms with E-state index in [0.29, 0.717) is 24.8 Å². The number of rotatable bonds is 9. The lowest BCUT2D eigenvalue weighted by Gasteiger charge is -2.31. The van der Waals surface area contributed by atoms with Crippen molar-refractivity contribution in [3.05, 3.63) is 0 Å². The Morgan fingerprint density at radius 3 is 2.58 bits per heavy atom. The third kappa shape index (κ3) is 7.37. The lowest BCUT2D eigenvalue weighted by molar-refractivity contribution is -0.114. The van der Waals surface area contributed by atoms with Gasteiger partial charge in [-0.05, 0) is 25.2 Å². The molecule has 1 amide bonds. The summed E-state index contributed by atoms with van der Waals surface area (Å²) in [6.45, 7) is 9.24. The minimum atomic E-state index is -2.30. The number of carbonyl (C=O) groups is 1. The van der Waals surface area contributed by atoms with Crippen molar-refractivity contribution in [1.82, 2.24) is 4.67 Å². The second-order valence-corrected chi connectivity index (χ2v) is 11.0. The zero-order valence-electron chi connectivity index (χ0n) is 12.2. The molecule has 2 atom stereocenters. The summed E-state index contributed by atoms with van der Waals surface area (Å²) in [6.07, 6.45) is 3.32. The molecule has 110 valence electrons. The smallest absolute Gasteiger partial charge is 0.215 e. The summed E-state index contributed by atoms with van der Waals surface area (Å²) in [5.74, 6) is 6.04. The molecule has 0 aliphatic heterocycles. The highest BCUT2D eigenvalue weighted by Gasteiger charge is 2.28. The van der Waals surface area contributed by atoms with Gasteiger partial charge >= 0.3 is 0 Å². The van der Waals surface area contributed by atoms with Crippen LogP contribution in [0.25, 0.3) is 0 Å². The van der Waals surface area contributed by atoms with Gasteiger partial charge in [0.25, 0.3) is 0 Å². The van der Waals surface area contributed by atoms with Crippen LogP contribution in [-0.4, -0.2) is 29.5 Å². The fraction of sp³-hybridized carbons (Fsp3) is 0.769. The third-order valence-electron chi connectivity index (χ3n) is 2.38. The molecule has 0 rings (SSSR count). The SMILES string of the molecule is CCC#CCCN(C=O)P(=S)(OCC)SC(C)CC. The average Bonchev–Trinajstić information content (AvgIpc) is 2.38. The largest absolute Gasteiger partial charge is 0.327 e. The molecule has 6 heteroatoms. The molecule has 0 aromatic heterocycles. The Kier molecular flexibility index (Phi) is 10.7. The van der Waals surface area contributed by atoms with Crippen molar-refractivity contribution in [3.63, 3.8) is 0 Å². The van der Waals surface area contributed by atoms with E-state index in [2.05, 4.69) is 25.7 Å². The predicted octanol–water partition coefficient (Wildman–Crippen LogP) is 4.04. The van der Waals surface area contributed by atoms with E-state index in [0.717, 1.165) is 19.3 Å². The molecular formula is C13H24NO2PS2. The van der Waals surface area contributed by atoms with E-state index in [4.69, 9.17) is 16.3 Å². The van der Waals surface area contributed by atoms with Crippen molar-refractivity contribution in [1.29, 1.82) is 0 Å². The van der Waals surface area contributed by atoms with Crippen LogP contribution in [0.2, 0.25) is 0 Å². The van der Waals surface area contributed by atoms with Crippen LogP contribution < -0.4 is 0 Å². The first-order chi connectivity index (χ1) is 9.03. The predicted molar refractivity (Wildman–Crippen MR) is 88.7 cm³/mol. The van der Waals surface area contributed by atoms with E-state index in [1.165, 1.54) is 0 Å². The molecule has 3 nitrogen and oxygen atoms in total. The Morgan fingerprint density at radius 1 is 1.42 bits per heavy atom. The highest BCUT2D eigenvalue weighted by molar-refractivity contribution is 8.69. The maximum Gasteiger partial charge on any atom is 0.215 e. The second kappa shape index (κ2) is 10.7. The van der Waals surface area contributed by atoms with Gasteiger partial charge in [-0.2, -0.15) is 0 Å². The quantitative estimate of drug-likeness (QED) is 0.364. The molecule has 0 spiro atoms. The first-order valence-corrected chi connectivity index (χ1v) is 10.8. The van der Waals surface area contributed by atoms with E-state index < -0.39 is 5.62 Å². The molecule has 0 aromatic rings. The molecule has 0 aliphatic carbocycles. The lowest BCUT2D eigenvalue weighted by atomic mass is 10.4.